The van der Waals surface area contributed by atoms with Gasteiger partial charge in [0, 0.05) is 5.57 Å². The quantitative estimate of drug-likeness (QED) is 0.714. The van der Waals surface area contributed by atoms with E-state index >= 15 is 0 Å². The lowest BCUT2D eigenvalue weighted by Gasteiger charge is -1.98. The predicted octanol–water partition coefficient (Wildman–Crippen LogP) is 2.51. The topological polar surface area (TPSA) is 112 Å². The largest absolute Gasteiger partial charge is 0.478 e. The summed E-state index contributed by atoms with van der Waals surface area (Å²) in [5, 5.41) is 25.3. The smallest absolute Gasteiger partial charge is 0.336 e. The molecule has 1 aromatic rings. The van der Waals surface area contributed by atoms with Crippen molar-refractivity contribution < 1.29 is 29.7 Å². The highest BCUT2D eigenvalue weighted by atomic mass is 16.4. The molecule has 0 heterocycles. The summed E-state index contributed by atoms with van der Waals surface area (Å²) >= 11 is 0. The number of hydrogen-bond acceptors (Lipinski definition) is 3. The van der Waals surface area contributed by atoms with Crippen LogP contribution in [0.5, 0.6) is 0 Å². The summed E-state index contributed by atoms with van der Waals surface area (Å²) in [6, 6.07) is 5.48. The van der Waals surface area contributed by atoms with Crippen molar-refractivity contribution >= 4 is 17.9 Å². The Morgan fingerprint density at radius 2 is 1.40 bits per heavy atom. The third-order valence-corrected chi connectivity index (χ3v) is 2.24. The Morgan fingerprint density at radius 3 is 1.60 bits per heavy atom. The van der Waals surface area contributed by atoms with Crippen LogP contribution in [-0.4, -0.2) is 33.2 Å². The highest BCUT2D eigenvalue weighted by molar-refractivity contribution is 6.01. The molecule has 0 spiro atoms. The molecule has 0 atom stereocenters. The number of aliphatic carboxylic acids is 1. The van der Waals surface area contributed by atoms with E-state index in [-0.39, 0.29) is 11.1 Å². The van der Waals surface area contributed by atoms with Gasteiger partial charge in [-0.3, -0.25) is 0 Å². The molecule has 108 valence electrons. The molecule has 0 radical (unpaired) electrons. The third-order valence-electron chi connectivity index (χ3n) is 2.24. The van der Waals surface area contributed by atoms with Crippen molar-refractivity contribution in [3.8, 4) is 0 Å². The molecule has 0 aliphatic heterocycles. The van der Waals surface area contributed by atoms with Crippen LogP contribution in [0.25, 0.3) is 0 Å². The van der Waals surface area contributed by atoms with Gasteiger partial charge in [-0.15, -0.1) is 0 Å². The van der Waals surface area contributed by atoms with Crippen molar-refractivity contribution in [1.29, 1.82) is 0 Å². The van der Waals surface area contributed by atoms with Gasteiger partial charge in [0.05, 0.1) is 11.1 Å². The Kier molecular flexibility index (Phi) is 7.35. The standard InChI is InChI=1S/C8H6O4.C6H10O2/c9-7(10)5-3-1-2-4-6(5)8(11)12;1-3-4-5(2)6(7)8/h1-4H,(H,9,10)(H,11,12);2-4H2,1H3,(H,7,8). The fourth-order valence-electron chi connectivity index (χ4n) is 1.26. The molecule has 0 fully saturated rings. The van der Waals surface area contributed by atoms with E-state index in [2.05, 4.69) is 6.58 Å². The van der Waals surface area contributed by atoms with E-state index in [9.17, 15) is 14.4 Å². The van der Waals surface area contributed by atoms with Crippen LogP contribution in [0.4, 0.5) is 0 Å². The normalized spacial score (nSPS) is 9.05. The first-order valence-electron chi connectivity index (χ1n) is 5.77. The van der Waals surface area contributed by atoms with Gasteiger partial charge >= 0.3 is 17.9 Å². The molecule has 0 aromatic heterocycles. The average Bonchev–Trinajstić information content (AvgIpc) is 2.39. The first-order valence-corrected chi connectivity index (χ1v) is 5.77. The summed E-state index contributed by atoms with van der Waals surface area (Å²) in [6.07, 6.45) is 1.44. The van der Waals surface area contributed by atoms with Crippen molar-refractivity contribution in [1.82, 2.24) is 0 Å². The summed E-state index contributed by atoms with van der Waals surface area (Å²) in [6.45, 7) is 5.27. The molecule has 0 saturated carbocycles. The Hall–Kier alpha value is -2.63. The van der Waals surface area contributed by atoms with Gasteiger partial charge in [0.1, 0.15) is 0 Å². The number of rotatable bonds is 5. The minimum Gasteiger partial charge on any atom is -0.478 e. The van der Waals surface area contributed by atoms with Crippen LogP contribution in [0.3, 0.4) is 0 Å². The van der Waals surface area contributed by atoms with Gasteiger partial charge in [-0.2, -0.15) is 0 Å². The zero-order valence-corrected chi connectivity index (χ0v) is 11.0. The lowest BCUT2D eigenvalue weighted by molar-refractivity contribution is -0.132. The third kappa shape index (κ3) is 5.81. The lowest BCUT2D eigenvalue weighted by atomic mass is 10.1. The maximum absolute atomic E-state index is 10.5. The summed E-state index contributed by atoms with van der Waals surface area (Å²) in [4.78, 5) is 30.9. The van der Waals surface area contributed by atoms with Crippen molar-refractivity contribution in [3.63, 3.8) is 0 Å². The first kappa shape index (κ1) is 17.4. The van der Waals surface area contributed by atoms with Crippen LogP contribution in [0, 0.1) is 0 Å². The Morgan fingerprint density at radius 1 is 1.00 bits per heavy atom. The van der Waals surface area contributed by atoms with Crippen LogP contribution in [0.2, 0.25) is 0 Å². The Bertz CT molecular complexity index is 485. The van der Waals surface area contributed by atoms with E-state index in [0.717, 1.165) is 6.42 Å². The monoisotopic (exact) mass is 280 g/mol. The van der Waals surface area contributed by atoms with Crippen LogP contribution >= 0.6 is 0 Å². The second-order valence-corrected chi connectivity index (χ2v) is 3.81. The maximum atomic E-state index is 10.5. The van der Waals surface area contributed by atoms with Crippen LogP contribution in [0.1, 0.15) is 40.5 Å². The zero-order valence-electron chi connectivity index (χ0n) is 11.0. The molecule has 0 aliphatic carbocycles. The van der Waals surface area contributed by atoms with E-state index in [1.807, 2.05) is 6.92 Å². The van der Waals surface area contributed by atoms with Gasteiger partial charge in [-0.05, 0) is 18.6 Å². The number of carbonyl (C=O) groups is 3. The minimum absolute atomic E-state index is 0.190. The van der Waals surface area contributed by atoms with Crippen LogP contribution in [0.15, 0.2) is 36.4 Å². The maximum Gasteiger partial charge on any atom is 0.336 e. The molecular formula is C14H16O6. The zero-order chi connectivity index (χ0) is 15.7. The molecule has 3 N–H and O–H groups in total. The highest BCUT2D eigenvalue weighted by Gasteiger charge is 2.13. The van der Waals surface area contributed by atoms with E-state index in [1.54, 1.807) is 0 Å². The molecule has 6 heteroatoms. The molecule has 0 unspecified atom stereocenters. The molecule has 0 amide bonds. The second-order valence-electron chi connectivity index (χ2n) is 3.81. The van der Waals surface area contributed by atoms with Gasteiger partial charge in [0.25, 0.3) is 0 Å². The SMILES string of the molecule is C=C(CCC)C(=O)O.O=C(O)c1ccccc1C(=O)O. The minimum atomic E-state index is -1.23. The summed E-state index contributed by atoms with van der Waals surface area (Å²) in [7, 11) is 0. The van der Waals surface area contributed by atoms with Crippen LogP contribution < -0.4 is 0 Å². The Balaban J connectivity index is 0.000000396. The summed E-state index contributed by atoms with van der Waals surface area (Å²) in [5.41, 5.74) is -0.0810. The second kappa shape index (κ2) is 8.47. The molecule has 6 nitrogen and oxygen atoms in total. The number of carboxylic acid groups (broad SMARTS) is 3. The predicted molar refractivity (Wildman–Crippen MR) is 72.0 cm³/mol. The molecule has 0 saturated heterocycles. The average molecular weight is 280 g/mol. The molecule has 0 aliphatic rings. The molecule has 20 heavy (non-hydrogen) atoms. The number of aromatic carboxylic acids is 2. The first-order chi connectivity index (χ1) is 9.31. The van der Waals surface area contributed by atoms with Crippen molar-refractivity contribution in [3.05, 3.63) is 47.5 Å². The van der Waals surface area contributed by atoms with E-state index in [4.69, 9.17) is 15.3 Å². The van der Waals surface area contributed by atoms with Gasteiger partial charge in [-0.25, -0.2) is 14.4 Å². The van der Waals surface area contributed by atoms with Gasteiger partial charge in [0.2, 0.25) is 0 Å². The number of benzene rings is 1. The fourth-order valence-corrected chi connectivity index (χ4v) is 1.26. The van der Waals surface area contributed by atoms with E-state index < -0.39 is 17.9 Å². The lowest BCUT2D eigenvalue weighted by Crippen LogP contribution is -2.06. The fraction of sp³-hybridized carbons (Fsp3) is 0.214. The molecule has 1 aromatic carbocycles. The van der Waals surface area contributed by atoms with E-state index in [1.165, 1.54) is 24.3 Å². The van der Waals surface area contributed by atoms with Gasteiger partial charge in [0.15, 0.2) is 0 Å². The number of carboxylic acids is 3. The number of hydrogen-bond donors (Lipinski definition) is 3. The van der Waals surface area contributed by atoms with Gasteiger partial charge < -0.3 is 15.3 Å². The summed E-state index contributed by atoms with van der Waals surface area (Å²) < 4.78 is 0. The molecule has 0 bridgehead atoms. The van der Waals surface area contributed by atoms with Crippen molar-refractivity contribution in [2.75, 3.05) is 0 Å². The van der Waals surface area contributed by atoms with Gasteiger partial charge in [-0.1, -0.05) is 32.1 Å². The van der Waals surface area contributed by atoms with E-state index in [0.29, 0.717) is 12.0 Å². The Labute approximate surface area is 116 Å². The molecular weight excluding hydrogens is 264 g/mol. The van der Waals surface area contributed by atoms with Crippen LogP contribution in [-0.2, 0) is 4.79 Å². The van der Waals surface area contributed by atoms with Crippen molar-refractivity contribution in [2.45, 2.75) is 19.8 Å². The molecule has 1 rings (SSSR count). The highest BCUT2D eigenvalue weighted by Crippen LogP contribution is 2.07. The van der Waals surface area contributed by atoms with Crippen molar-refractivity contribution in [2.24, 2.45) is 0 Å². The summed E-state index contributed by atoms with van der Waals surface area (Å²) in [5.74, 6) is -3.34.